The third-order valence-corrected chi connectivity index (χ3v) is 5.05. The molecular weight excluding hydrogens is 258 g/mol. The summed E-state index contributed by atoms with van der Waals surface area (Å²) in [6, 6.07) is 2.28. The second-order valence-electron chi connectivity index (χ2n) is 5.62. The lowest BCUT2D eigenvalue weighted by Gasteiger charge is -2.22. The zero-order valence-corrected chi connectivity index (χ0v) is 11.9. The van der Waals surface area contributed by atoms with Crippen LogP contribution in [0, 0.1) is 18.8 Å². The van der Waals surface area contributed by atoms with Gasteiger partial charge in [0.25, 0.3) is 0 Å². The van der Waals surface area contributed by atoms with Crippen LogP contribution >= 0.6 is 11.8 Å². The van der Waals surface area contributed by atoms with Crippen molar-refractivity contribution in [3.63, 3.8) is 0 Å². The number of rotatable bonds is 4. The molecule has 2 aliphatic carbocycles. The smallest absolute Gasteiger partial charge is 0.230 e. The van der Waals surface area contributed by atoms with Crippen molar-refractivity contribution in [1.82, 2.24) is 15.3 Å². The number of aromatic nitrogens is 2. The molecule has 0 aliphatic heterocycles. The fourth-order valence-corrected chi connectivity index (χ4v) is 3.98. The van der Waals surface area contributed by atoms with E-state index in [1.165, 1.54) is 37.4 Å². The zero-order valence-electron chi connectivity index (χ0n) is 11.1. The molecule has 0 unspecified atom stereocenters. The van der Waals surface area contributed by atoms with Gasteiger partial charge in [0.15, 0.2) is 5.16 Å². The first-order valence-corrected chi connectivity index (χ1v) is 7.91. The topological polar surface area (TPSA) is 54.9 Å². The molecule has 1 aromatic rings. The van der Waals surface area contributed by atoms with Crippen LogP contribution in [-0.2, 0) is 4.79 Å². The number of nitrogens with one attached hydrogen (secondary N) is 1. The van der Waals surface area contributed by atoms with Gasteiger partial charge in [-0.3, -0.25) is 4.79 Å². The molecule has 102 valence electrons. The lowest BCUT2D eigenvalue weighted by molar-refractivity contribution is -0.119. The second kappa shape index (κ2) is 5.49. The van der Waals surface area contributed by atoms with E-state index in [-0.39, 0.29) is 5.91 Å². The standard InChI is InChI=1S/C14H19N3OS/c1-9-4-5-15-14(16-9)19-8-13(18)17-12-7-10-2-3-11(12)6-10/h4-5,10-12H,2-3,6-8H2,1H3,(H,17,18)/t10-,11-,12+/m0/s1. The molecule has 3 rings (SSSR count). The highest BCUT2D eigenvalue weighted by molar-refractivity contribution is 7.99. The van der Waals surface area contributed by atoms with Crippen LogP contribution in [0.25, 0.3) is 0 Å². The van der Waals surface area contributed by atoms with E-state index in [0.29, 0.717) is 17.0 Å². The lowest BCUT2D eigenvalue weighted by Crippen LogP contribution is -2.39. The SMILES string of the molecule is Cc1ccnc(SCC(=O)N[C@@H]2C[C@H]3CC[C@H]2C3)n1. The lowest BCUT2D eigenvalue weighted by atomic mass is 9.95. The Bertz CT molecular complexity index is 480. The Morgan fingerprint density at radius 2 is 2.37 bits per heavy atom. The van der Waals surface area contributed by atoms with Crippen molar-refractivity contribution < 1.29 is 4.79 Å². The van der Waals surface area contributed by atoms with Crippen LogP contribution in [0.2, 0.25) is 0 Å². The number of amides is 1. The Morgan fingerprint density at radius 1 is 1.47 bits per heavy atom. The molecule has 2 saturated carbocycles. The fraction of sp³-hybridized carbons (Fsp3) is 0.643. The van der Waals surface area contributed by atoms with Gasteiger partial charge in [0.1, 0.15) is 0 Å². The minimum atomic E-state index is 0.118. The van der Waals surface area contributed by atoms with Gasteiger partial charge in [-0.25, -0.2) is 9.97 Å². The first-order valence-electron chi connectivity index (χ1n) is 6.92. The van der Waals surface area contributed by atoms with Gasteiger partial charge in [0.05, 0.1) is 5.75 Å². The minimum Gasteiger partial charge on any atom is -0.352 e. The number of hydrogen-bond acceptors (Lipinski definition) is 4. The quantitative estimate of drug-likeness (QED) is 0.677. The Hall–Kier alpha value is -1.10. The van der Waals surface area contributed by atoms with Crippen LogP contribution in [0.5, 0.6) is 0 Å². The first-order chi connectivity index (χ1) is 9.20. The van der Waals surface area contributed by atoms with E-state index in [1.807, 2.05) is 13.0 Å². The second-order valence-corrected chi connectivity index (χ2v) is 6.56. The predicted octanol–water partition coefficient (Wildman–Crippen LogP) is 2.18. The van der Waals surface area contributed by atoms with Crippen LogP contribution in [-0.4, -0.2) is 27.7 Å². The number of thioether (sulfide) groups is 1. The Balaban J connectivity index is 1.47. The zero-order chi connectivity index (χ0) is 13.2. The highest BCUT2D eigenvalue weighted by atomic mass is 32.2. The third kappa shape index (κ3) is 3.08. The Kier molecular flexibility index (Phi) is 3.73. The molecule has 0 saturated heterocycles. The summed E-state index contributed by atoms with van der Waals surface area (Å²) in [5.74, 6) is 2.13. The first kappa shape index (κ1) is 12.9. The van der Waals surface area contributed by atoms with E-state index < -0.39 is 0 Å². The number of hydrogen-bond donors (Lipinski definition) is 1. The minimum absolute atomic E-state index is 0.118. The Labute approximate surface area is 117 Å². The molecule has 1 heterocycles. The van der Waals surface area contributed by atoms with E-state index in [1.54, 1.807) is 6.20 Å². The van der Waals surface area contributed by atoms with E-state index in [0.717, 1.165) is 17.5 Å². The predicted molar refractivity (Wildman–Crippen MR) is 74.9 cm³/mol. The molecular formula is C14H19N3OS. The van der Waals surface area contributed by atoms with Crippen LogP contribution in [0.4, 0.5) is 0 Å². The third-order valence-electron chi connectivity index (χ3n) is 4.19. The van der Waals surface area contributed by atoms with Gasteiger partial charge in [-0.2, -0.15) is 0 Å². The molecule has 0 spiro atoms. The average molecular weight is 277 g/mol. The molecule has 3 atom stereocenters. The molecule has 1 aromatic heterocycles. The van der Waals surface area contributed by atoms with E-state index in [4.69, 9.17) is 0 Å². The molecule has 2 bridgehead atoms. The summed E-state index contributed by atoms with van der Waals surface area (Å²) in [4.78, 5) is 20.4. The maximum atomic E-state index is 11.9. The number of nitrogens with zero attached hydrogens (tertiary/aromatic N) is 2. The van der Waals surface area contributed by atoms with Crippen LogP contribution in [0.1, 0.15) is 31.4 Å². The molecule has 2 aliphatic rings. The summed E-state index contributed by atoms with van der Waals surface area (Å²) < 4.78 is 0. The normalized spacial score (nSPS) is 28.6. The Morgan fingerprint density at radius 3 is 3.05 bits per heavy atom. The summed E-state index contributed by atoms with van der Waals surface area (Å²) in [5.41, 5.74) is 0.936. The molecule has 2 fully saturated rings. The van der Waals surface area contributed by atoms with Gasteiger partial charge in [0.2, 0.25) is 5.91 Å². The highest BCUT2D eigenvalue weighted by Gasteiger charge is 2.39. The maximum absolute atomic E-state index is 11.9. The molecule has 4 nitrogen and oxygen atoms in total. The fourth-order valence-electron chi connectivity index (χ4n) is 3.30. The van der Waals surface area contributed by atoms with Gasteiger partial charge < -0.3 is 5.32 Å². The van der Waals surface area contributed by atoms with E-state index in [9.17, 15) is 4.79 Å². The van der Waals surface area contributed by atoms with Crippen molar-refractivity contribution in [2.45, 2.75) is 43.8 Å². The molecule has 1 N–H and O–H groups in total. The monoisotopic (exact) mass is 277 g/mol. The van der Waals surface area contributed by atoms with Crippen molar-refractivity contribution in [2.75, 3.05) is 5.75 Å². The molecule has 5 heteroatoms. The van der Waals surface area contributed by atoms with Gasteiger partial charge >= 0.3 is 0 Å². The summed E-state index contributed by atoms with van der Waals surface area (Å²) in [6.07, 6.45) is 6.90. The molecule has 1 amide bonds. The number of aryl methyl sites for hydroxylation is 1. The molecule has 0 aromatic carbocycles. The van der Waals surface area contributed by atoms with Crippen molar-refractivity contribution in [1.29, 1.82) is 0 Å². The van der Waals surface area contributed by atoms with Crippen molar-refractivity contribution in [2.24, 2.45) is 11.8 Å². The van der Waals surface area contributed by atoms with Gasteiger partial charge in [-0.1, -0.05) is 18.2 Å². The van der Waals surface area contributed by atoms with E-state index in [2.05, 4.69) is 15.3 Å². The average Bonchev–Trinajstić information content (AvgIpc) is 2.99. The van der Waals surface area contributed by atoms with E-state index >= 15 is 0 Å². The number of fused-ring (bicyclic) bond motifs is 2. The summed E-state index contributed by atoms with van der Waals surface area (Å²) >= 11 is 1.41. The maximum Gasteiger partial charge on any atom is 0.230 e. The van der Waals surface area contributed by atoms with Crippen LogP contribution < -0.4 is 5.32 Å². The van der Waals surface area contributed by atoms with Gasteiger partial charge in [-0.05, 0) is 44.1 Å². The molecule has 0 radical (unpaired) electrons. The van der Waals surface area contributed by atoms with Gasteiger partial charge in [0, 0.05) is 17.9 Å². The summed E-state index contributed by atoms with van der Waals surface area (Å²) in [5, 5.41) is 3.86. The van der Waals surface area contributed by atoms with Crippen molar-refractivity contribution in [3.8, 4) is 0 Å². The number of carbonyl (C=O) groups excluding carboxylic acids is 1. The highest BCUT2D eigenvalue weighted by Crippen LogP contribution is 2.44. The molecule has 19 heavy (non-hydrogen) atoms. The van der Waals surface area contributed by atoms with Crippen molar-refractivity contribution in [3.05, 3.63) is 18.0 Å². The number of carbonyl (C=O) groups is 1. The van der Waals surface area contributed by atoms with Crippen molar-refractivity contribution >= 4 is 17.7 Å². The van der Waals surface area contributed by atoms with Gasteiger partial charge in [-0.15, -0.1) is 0 Å². The summed E-state index contributed by atoms with van der Waals surface area (Å²) in [7, 11) is 0. The van der Waals surface area contributed by atoms with Crippen LogP contribution in [0.15, 0.2) is 17.4 Å². The largest absolute Gasteiger partial charge is 0.352 e. The summed E-state index contributed by atoms with van der Waals surface area (Å²) in [6.45, 7) is 1.93. The van der Waals surface area contributed by atoms with Crippen LogP contribution in [0.3, 0.4) is 0 Å².